The number of aliphatic hydroxyl groups excluding tert-OH is 1. The zero-order valence-electron chi connectivity index (χ0n) is 10.4. The predicted molar refractivity (Wildman–Crippen MR) is 84.8 cm³/mol. The molecule has 0 saturated carbocycles. The molecular formula is C15H11Cl2NOS. The maximum Gasteiger partial charge on any atom is 0.0831 e. The van der Waals surface area contributed by atoms with Crippen LogP contribution >= 0.6 is 35.0 Å². The predicted octanol–water partition coefficient (Wildman–Crippen LogP) is 5.12. The molecule has 0 aliphatic heterocycles. The molecule has 0 saturated heterocycles. The molecule has 5 heteroatoms. The third kappa shape index (κ3) is 2.81. The molecule has 1 aromatic heterocycles. The molecule has 102 valence electrons. The van der Waals surface area contributed by atoms with E-state index < -0.39 is 0 Å². The number of fused-ring (bicyclic) bond motifs is 1. The molecule has 0 atom stereocenters. The highest BCUT2D eigenvalue weighted by molar-refractivity contribution is 7.99. The maximum absolute atomic E-state index is 9.23. The van der Waals surface area contributed by atoms with E-state index >= 15 is 0 Å². The summed E-state index contributed by atoms with van der Waals surface area (Å²) in [6.45, 7) is -0.0165. The number of rotatable bonds is 3. The summed E-state index contributed by atoms with van der Waals surface area (Å²) in [5.74, 6) is 0. The minimum Gasteiger partial charge on any atom is -0.390 e. The molecule has 0 amide bonds. The quantitative estimate of drug-likeness (QED) is 0.701. The Morgan fingerprint density at radius 3 is 2.45 bits per heavy atom. The van der Waals surface area contributed by atoms with Crippen LogP contribution in [0.3, 0.4) is 0 Å². The number of aliphatic hydroxyl groups is 1. The molecule has 2 N–H and O–H groups in total. The van der Waals surface area contributed by atoms with Crippen LogP contribution in [0.4, 0.5) is 0 Å². The van der Waals surface area contributed by atoms with Gasteiger partial charge in [-0.15, -0.1) is 0 Å². The first kappa shape index (κ1) is 13.8. The van der Waals surface area contributed by atoms with Crippen molar-refractivity contribution in [3.05, 3.63) is 58.2 Å². The van der Waals surface area contributed by atoms with Gasteiger partial charge in [-0.2, -0.15) is 0 Å². The number of benzene rings is 2. The van der Waals surface area contributed by atoms with E-state index in [1.54, 1.807) is 11.8 Å². The molecule has 3 rings (SSSR count). The number of aromatic nitrogens is 1. The fourth-order valence-electron chi connectivity index (χ4n) is 2.03. The van der Waals surface area contributed by atoms with E-state index in [2.05, 4.69) is 4.98 Å². The van der Waals surface area contributed by atoms with Crippen LogP contribution in [0.5, 0.6) is 0 Å². The lowest BCUT2D eigenvalue weighted by Gasteiger charge is -2.04. The number of hydrogen-bond acceptors (Lipinski definition) is 2. The van der Waals surface area contributed by atoms with Gasteiger partial charge < -0.3 is 10.1 Å². The summed E-state index contributed by atoms with van der Waals surface area (Å²) in [5, 5.41) is 11.7. The van der Waals surface area contributed by atoms with Gasteiger partial charge in [-0.25, -0.2) is 0 Å². The van der Waals surface area contributed by atoms with Crippen molar-refractivity contribution < 1.29 is 5.11 Å². The first-order chi connectivity index (χ1) is 9.65. The zero-order valence-corrected chi connectivity index (χ0v) is 12.7. The Balaban J connectivity index is 2.05. The number of aromatic amines is 1. The molecule has 0 aliphatic carbocycles. The number of halogens is 2. The Kier molecular flexibility index (Phi) is 3.94. The molecule has 0 aliphatic rings. The zero-order chi connectivity index (χ0) is 14.1. The molecule has 0 spiro atoms. The van der Waals surface area contributed by atoms with E-state index in [0.717, 1.165) is 31.4 Å². The van der Waals surface area contributed by atoms with Gasteiger partial charge in [0.2, 0.25) is 0 Å². The fraction of sp³-hybridized carbons (Fsp3) is 0.0667. The summed E-state index contributed by atoms with van der Waals surface area (Å²) < 4.78 is 0. The Bertz CT molecular complexity index is 752. The third-order valence-electron chi connectivity index (χ3n) is 2.93. The van der Waals surface area contributed by atoms with Gasteiger partial charge in [0.1, 0.15) is 0 Å². The highest BCUT2D eigenvalue weighted by Gasteiger charge is 2.09. The van der Waals surface area contributed by atoms with E-state index in [1.165, 1.54) is 0 Å². The SMILES string of the molecule is OCc1cc2c(Sc3ccc(Cl)cc3)cc(Cl)cc2[nH]1. The van der Waals surface area contributed by atoms with Crippen LogP contribution in [0, 0.1) is 0 Å². The van der Waals surface area contributed by atoms with Crippen LogP contribution in [0.2, 0.25) is 10.0 Å². The Hall–Kier alpha value is -1.13. The molecule has 0 bridgehead atoms. The van der Waals surface area contributed by atoms with Crippen molar-refractivity contribution in [2.24, 2.45) is 0 Å². The molecule has 0 unspecified atom stereocenters. The molecule has 1 heterocycles. The Morgan fingerprint density at radius 1 is 1.00 bits per heavy atom. The summed E-state index contributed by atoms with van der Waals surface area (Å²) in [6, 6.07) is 13.4. The molecule has 20 heavy (non-hydrogen) atoms. The second kappa shape index (κ2) is 5.70. The lowest BCUT2D eigenvalue weighted by atomic mass is 10.2. The second-order valence-corrected chi connectivity index (χ2v) is 6.36. The van der Waals surface area contributed by atoms with Gasteiger partial charge in [-0.05, 0) is 42.5 Å². The van der Waals surface area contributed by atoms with Crippen LogP contribution in [-0.2, 0) is 6.61 Å². The van der Waals surface area contributed by atoms with Crippen LogP contribution in [0.15, 0.2) is 52.3 Å². The topological polar surface area (TPSA) is 36.0 Å². The van der Waals surface area contributed by atoms with Crippen molar-refractivity contribution in [1.29, 1.82) is 0 Å². The monoisotopic (exact) mass is 323 g/mol. The van der Waals surface area contributed by atoms with Crippen molar-refractivity contribution in [1.82, 2.24) is 4.98 Å². The summed E-state index contributed by atoms with van der Waals surface area (Å²) in [6.07, 6.45) is 0. The highest BCUT2D eigenvalue weighted by atomic mass is 35.5. The van der Waals surface area contributed by atoms with Crippen molar-refractivity contribution in [2.45, 2.75) is 16.4 Å². The smallest absolute Gasteiger partial charge is 0.0831 e. The Morgan fingerprint density at radius 2 is 1.75 bits per heavy atom. The van der Waals surface area contributed by atoms with Crippen LogP contribution in [-0.4, -0.2) is 10.1 Å². The Labute approximate surface area is 130 Å². The van der Waals surface area contributed by atoms with Crippen LogP contribution < -0.4 is 0 Å². The first-order valence-corrected chi connectivity index (χ1v) is 7.58. The molecular weight excluding hydrogens is 313 g/mol. The van der Waals surface area contributed by atoms with E-state index in [-0.39, 0.29) is 6.61 Å². The fourth-order valence-corrected chi connectivity index (χ4v) is 3.43. The summed E-state index contributed by atoms with van der Waals surface area (Å²) >= 11 is 13.7. The van der Waals surface area contributed by atoms with Crippen LogP contribution in [0.25, 0.3) is 10.9 Å². The van der Waals surface area contributed by atoms with Gasteiger partial charge in [0.15, 0.2) is 0 Å². The lowest BCUT2D eigenvalue weighted by molar-refractivity contribution is 0.278. The molecule has 0 radical (unpaired) electrons. The van der Waals surface area contributed by atoms with E-state index in [0.29, 0.717) is 5.02 Å². The minimum absolute atomic E-state index is 0.0165. The van der Waals surface area contributed by atoms with E-state index in [1.807, 2.05) is 42.5 Å². The van der Waals surface area contributed by atoms with Crippen molar-refractivity contribution in [3.63, 3.8) is 0 Å². The second-order valence-electron chi connectivity index (χ2n) is 4.37. The van der Waals surface area contributed by atoms with E-state index in [4.69, 9.17) is 23.2 Å². The van der Waals surface area contributed by atoms with Crippen LogP contribution in [0.1, 0.15) is 5.69 Å². The van der Waals surface area contributed by atoms with Gasteiger partial charge in [-0.1, -0.05) is 35.0 Å². The summed E-state index contributed by atoms with van der Waals surface area (Å²) in [5.41, 5.74) is 1.71. The molecule has 3 aromatic rings. The standard InChI is InChI=1S/C15H11Cl2NOS/c16-9-1-3-12(4-2-9)20-15-6-10(17)5-14-13(15)7-11(8-19)18-14/h1-7,18-19H,8H2. The largest absolute Gasteiger partial charge is 0.390 e. The normalized spacial score (nSPS) is 11.2. The maximum atomic E-state index is 9.23. The molecule has 0 fully saturated rings. The molecule has 2 nitrogen and oxygen atoms in total. The summed E-state index contributed by atoms with van der Waals surface area (Å²) in [4.78, 5) is 5.29. The molecule has 2 aromatic carbocycles. The van der Waals surface area contributed by atoms with Crippen molar-refractivity contribution >= 4 is 45.9 Å². The average Bonchev–Trinajstić information content (AvgIpc) is 2.84. The lowest BCUT2D eigenvalue weighted by Crippen LogP contribution is -1.79. The van der Waals surface area contributed by atoms with E-state index in [9.17, 15) is 5.11 Å². The van der Waals surface area contributed by atoms with Gasteiger partial charge in [-0.3, -0.25) is 0 Å². The van der Waals surface area contributed by atoms with Crippen molar-refractivity contribution in [2.75, 3.05) is 0 Å². The number of H-pyrrole nitrogens is 1. The van der Waals surface area contributed by atoms with Gasteiger partial charge in [0, 0.05) is 36.4 Å². The van der Waals surface area contributed by atoms with Gasteiger partial charge in [0.25, 0.3) is 0 Å². The number of hydrogen-bond donors (Lipinski definition) is 2. The van der Waals surface area contributed by atoms with Crippen molar-refractivity contribution in [3.8, 4) is 0 Å². The summed E-state index contributed by atoms with van der Waals surface area (Å²) in [7, 11) is 0. The van der Waals surface area contributed by atoms with Gasteiger partial charge >= 0.3 is 0 Å². The number of nitrogens with one attached hydrogen (secondary N) is 1. The third-order valence-corrected chi connectivity index (χ3v) is 4.47. The first-order valence-electron chi connectivity index (χ1n) is 6.01. The van der Waals surface area contributed by atoms with Gasteiger partial charge in [0.05, 0.1) is 6.61 Å². The highest BCUT2D eigenvalue weighted by Crippen LogP contribution is 2.36. The minimum atomic E-state index is -0.0165. The average molecular weight is 324 g/mol.